The van der Waals surface area contributed by atoms with Crippen LogP contribution in [0.2, 0.25) is 0 Å². The molecule has 3 N–H and O–H groups in total. The first-order chi connectivity index (χ1) is 10.2. The number of carbonyl (C=O) groups is 2. The van der Waals surface area contributed by atoms with E-state index in [4.69, 9.17) is 9.15 Å². The molecule has 7 heteroatoms. The van der Waals surface area contributed by atoms with Gasteiger partial charge in [-0.05, 0) is 25.3 Å². The summed E-state index contributed by atoms with van der Waals surface area (Å²) in [5, 5.41) is 14.8. The molecule has 0 radical (unpaired) electrons. The Kier molecular flexibility index (Phi) is 5.77. The zero-order chi connectivity index (χ0) is 15.1. The maximum atomic E-state index is 11.6. The molecule has 1 aliphatic heterocycles. The molecule has 1 aromatic rings. The van der Waals surface area contributed by atoms with E-state index in [-0.39, 0.29) is 12.6 Å². The second kappa shape index (κ2) is 7.80. The number of rotatable bonds is 6. The first-order valence-corrected chi connectivity index (χ1v) is 7.04. The van der Waals surface area contributed by atoms with Crippen LogP contribution >= 0.6 is 0 Å². The summed E-state index contributed by atoms with van der Waals surface area (Å²) in [5.74, 6) is -1.38. The third-order valence-electron chi connectivity index (χ3n) is 3.35. The molecule has 2 rings (SSSR count). The molecule has 0 saturated carbocycles. The van der Waals surface area contributed by atoms with Gasteiger partial charge in [-0.25, -0.2) is 0 Å². The molecule has 0 spiro atoms. The second-order valence-electron chi connectivity index (χ2n) is 4.96. The van der Waals surface area contributed by atoms with Gasteiger partial charge >= 0.3 is 11.8 Å². The molecule has 1 aliphatic rings. The van der Waals surface area contributed by atoms with Crippen molar-refractivity contribution in [3.8, 4) is 0 Å². The summed E-state index contributed by atoms with van der Waals surface area (Å²) >= 11 is 0. The Morgan fingerprint density at radius 2 is 2.19 bits per heavy atom. The fraction of sp³-hybridized carbons (Fsp3) is 0.571. The Morgan fingerprint density at radius 3 is 2.86 bits per heavy atom. The monoisotopic (exact) mass is 296 g/mol. The summed E-state index contributed by atoms with van der Waals surface area (Å²) < 4.78 is 10.2. The van der Waals surface area contributed by atoms with Crippen LogP contribution in [0.3, 0.4) is 0 Å². The molecule has 0 unspecified atom stereocenters. The van der Waals surface area contributed by atoms with Gasteiger partial charge in [0.15, 0.2) is 0 Å². The number of hydrogen-bond acceptors (Lipinski definition) is 5. The lowest BCUT2D eigenvalue weighted by molar-refractivity contribution is -0.139. The Bertz CT molecular complexity index is 454. The molecule has 2 amide bonds. The average Bonchev–Trinajstić information content (AvgIpc) is 3.17. The highest BCUT2D eigenvalue weighted by molar-refractivity contribution is 6.35. The number of carbonyl (C=O) groups excluding carboxylic acids is 2. The van der Waals surface area contributed by atoms with Gasteiger partial charge in [0, 0.05) is 25.3 Å². The van der Waals surface area contributed by atoms with Crippen molar-refractivity contribution in [2.24, 2.45) is 0 Å². The van der Waals surface area contributed by atoms with Crippen LogP contribution in [0.4, 0.5) is 0 Å². The lowest BCUT2D eigenvalue weighted by Gasteiger charge is -2.11. The lowest BCUT2D eigenvalue weighted by Crippen LogP contribution is -2.43. The van der Waals surface area contributed by atoms with Crippen LogP contribution in [0.25, 0.3) is 0 Å². The van der Waals surface area contributed by atoms with E-state index >= 15 is 0 Å². The molecule has 21 heavy (non-hydrogen) atoms. The Labute approximate surface area is 122 Å². The predicted octanol–water partition coefficient (Wildman–Crippen LogP) is 0.114. The minimum Gasteiger partial charge on any atom is -0.472 e. The summed E-state index contributed by atoms with van der Waals surface area (Å²) in [6, 6.07) is 1.65. The number of aliphatic hydroxyl groups excluding tert-OH is 1. The first kappa shape index (κ1) is 15.5. The van der Waals surface area contributed by atoms with E-state index in [1.54, 1.807) is 6.07 Å². The van der Waals surface area contributed by atoms with Crippen LogP contribution in [-0.2, 0) is 14.3 Å². The molecule has 0 aliphatic carbocycles. The molecule has 2 atom stereocenters. The van der Waals surface area contributed by atoms with E-state index in [0.717, 1.165) is 12.8 Å². The van der Waals surface area contributed by atoms with E-state index in [0.29, 0.717) is 25.1 Å². The zero-order valence-corrected chi connectivity index (χ0v) is 11.7. The van der Waals surface area contributed by atoms with Crippen molar-refractivity contribution in [2.75, 3.05) is 19.7 Å². The molecule has 0 bridgehead atoms. The minimum absolute atomic E-state index is 0.00432. The number of amides is 2. The largest absolute Gasteiger partial charge is 0.472 e. The number of furan rings is 1. The Morgan fingerprint density at radius 1 is 1.38 bits per heavy atom. The van der Waals surface area contributed by atoms with Gasteiger partial charge in [0.1, 0.15) is 0 Å². The standard InChI is InChI=1S/C14H20N2O5/c17-12(10-4-7-20-9-10)3-5-15-13(18)14(19)16-8-11-2-1-6-21-11/h4,7,9,11-12,17H,1-3,5-6,8H2,(H,15,18)(H,16,19)/t11-,12+/m0/s1. The normalized spacial score (nSPS) is 19.2. The Balaban J connectivity index is 1.60. The highest BCUT2D eigenvalue weighted by Crippen LogP contribution is 2.15. The number of ether oxygens (including phenoxy) is 1. The van der Waals surface area contributed by atoms with Gasteiger partial charge in [-0.3, -0.25) is 9.59 Å². The van der Waals surface area contributed by atoms with Crippen LogP contribution in [-0.4, -0.2) is 42.7 Å². The molecule has 1 saturated heterocycles. The quantitative estimate of drug-likeness (QED) is 0.647. The highest BCUT2D eigenvalue weighted by Gasteiger charge is 2.19. The van der Waals surface area contributed by atoms with E-state index < -0.39 is 17.9 Å². The number of aliphatic hydroxyl groups is 1. The molecule has 116 valence electrons. The lowest BCUT2D eigenvalue weighted by atomic mass is 10.1. The maximum absolute atomic E-state index is 11.6. The maximum Gasteiger partial charge on any atom is 0.309 e. The van der Waals surface area contributed by atoms with Gasteiger partial charge in [0.2, 0.25) is 0 Å². The van der Waals surface area contributed by atoms with Crippen LogP contribution < -0.4 is 10.6 Å². The fourth-order valence-electron chi connectivity index (χ4n) is 2.13. The molecular weight excluding hydrogens is 276 g/mol. The summed E-state index contributed by atoms with van der Waals surface area (Å²) in [7, 11) is 0. The SMILES string of the molecule is O=C(NCC[C@@H](O)c1ccoc1)C(=O)NC[C@@H]1CCCO1. The fourth-order valence-corrected chi connectivity index (χ4v) is 2.13. The summed E-state index contributed by atoms with van der Waals surface area (Å²) in [6.07, 6.45) is 4.39. The van der Waals surface area contributed by atoms with Gasteiger partial charge < -0.3 is 24.9 Å². The summed E-state index contributed by atoms with van der Waals surface area (Å²) in [6.45, 7) is 1.26. The zero-order valence-electron chi connectivity index (χ0n) is 11.7. The van der Waals surface area contributed by atoms with Gasteiger partial charge in [-0.15, -0.1) is 0 Å². The van der Waals surface area contributed by atoms with Crippen molar-refractivity contribution in [3.63, 3.8) is 0 Å². The van der Waals surface area contributed by atoms with Gasteiger partial charge in [0.05, 0.1) is 24.7 Å². The second-order valence-corrected chi connectivity index (χ2v) is 4.96. The topological polar surface area (TPSA) is 101 Å². The van der Waals surface area contributed by atoms with Crippen LogP contribution in [0.15, 0.2) is 23.0 Å². The van der Waals surface area contributed by atoms with Crippen molar-refractivity contribution in [1.82, 2.24) is 10.6 Å². The van der Waals surface area contributed by atoms with E-state index in [1.807, 2.05) is 0 Å². The summed E-state index contributed by atoms with van der Waals surface area (Å²) in [4.78, 5) is 23.1. The van der Waals surface area contributed by atoms with Crippen molar-refractivity contribution in [2.45, 2.75) is 31.5 Å². The van der Waals surface area contributed by atoms with Gasteiger partial charge in [-0.2, -0.15) is 0 Å². The smallest absolute Gasteiger partial charge is 0.309 e. The van der Waals surface area contributed by atoms with Gasteiger partial charge in [0.25, 0.3) is 0 Å². The van der Waals surface area contributed by atoms with Crippen LogP contribution in [0.5, 0.6) is 0 Å². The van der Waals surface area contributed by atoms with Crippen molar-refractivity contribution in [1.29, 1.82) is 0 Å². The third-order valence-corrected chi connectivity index (χ3v) is 3.35. The average molecular weight is 296 g/mol. The molecule has 0 aromatic carbocycles. The van der Waals surface area contributed by atoms with E-state index in [2.05, 4.69) is 10.6 Å². The molecule has 7 nitrogen and oxygen atoms in total. The van der Waals surface area contributed by atoms with Crippen molar-refractivity contribution in [3.05, 3.63) is 24.2 Å². The predicted molar refractivity (Wildman–Crippen MR) is 73.3 cm³/mol. The minimum atomic E-state index is -0.723. The van der Waals surface area contributed by atoms with Crippen LogP contribution in [0, 0.1) is 0 Å². The van der Waals surface area contributed by atoms with E-state index in [9.17, 15) is 14.7 Å². The molecule has 1 aromatic heterocycles. The first-order valence-electron chi connectivity index (χ1n) is 7.04. The van der Waals surface area contributed by atoms with Crippen molar-refractivity contribution >= 4 is 11.8 Å². The Hall–Kier alpha value is -1.86. The summed E-state index contributed by atoms with van der Waals surface area (Å²) in [5.41, 5.74) is 0.645. The molecular formula is C14H20N2O5. The molecule has 2 heterocycles. The van der Waals surface area contributed by atoms with Crippen molar-refractivity contribution < 1.29 is 23.8 Å². The van der Waals surface area contributed by atoms with Crippen LogP contribution in [0.1, 0.15) is 30.9 Å². The molecule has 1 fully saturated rings. The number of hydrogen-bond donors (Lipinski definition) is 3. The third kappa shape index (κ3) is 4.87. The van der Waals surface area contributed by atoms with E-state index in [1.165, 1.54) is 12.5 Å². The highest BCUT2D eigenvalue weighted by atomic mass is 16.5. The van der Waals surface area contributed by atoms with Gasteiger partial charge in [-0.1, -0.05) is 0 Å². The number of nitrogens with one attached hydrogen (secondary N) is 2.